The van der Waals surface area contributed by atoms with Gasteiger partial charge >= 0.3 is 0 Å². The maximum absolute atomic E-state index is 11.7. The van der Waals surface area contributed by atoms with Crippen LogP contribution in [0.25, 0.3) is 0 Å². The van der Waals surface area contributed by atoms with Crippen LogP contribution in [0.5, 0.6) is 0 Å². The third-order valence-corrected chi connectivity index (χ3v) is 3.90. The van der Waals surface area contributed by atoms with Crippen LogP contribution in [0, 0.1) is 0 Å². The molecule has 0 saturated carbocycles. The van der Waals surface area contributed by atoms with Crippen LogP contribution in [-0.2, 0) is 11.2 Å². The zero-order valence-electron chi connectivity index (χ0n) is 11.7. The molecular formula is C16H18N2O2. The van der Waals surface area contributed by atoms with E-state index in [4.69, 9.17) is 4.42 Å². The van der Waals surface area contributed by atoms with Gasteiger partial charge in [-0.2, -0.15) is 0 Å². The molecule has 3 rings (SSSR count). The summed E-state index contributed by atoms with van der Waals surface area (Å²) in [5, 5.41) is 3.27. The molecule has 0 fully saturated rings. The molecule has 20 heavy (non-hydrogen) atoms. The van der Waals surface area contributed by atoms with Gasteiger partial charge in [-0.1, -0.05) is 12.1 Å². The van der Waals surface area contributed by atoms with E-state index in [0.717, 1.165) is 23.4 Å². The van der Waals surface area contributed by atoms with Crippen LogP contribution in [0.2, 0.25) is 0 Å². The standard InChI is InChI=1S/C16H18N2O2/c1-17-16(14-4-3-9-20-14)12-5-7-13-11(10-12)6-8-15(19)18(13)2/h3-5,7,9-10,16-17H,6,8H2,1-2H3. The van der Waals surface area contributed by atoms with Gasteiger partial charge in [-0.15, -0.1) is 0 Å². The molecule has 0 saturated heterocycles. The number of nitrogens with one attached hydrogen (secondary N) is 1. The molecule has 1 unspecified atom stereocenters. The molecule has 0 bridgehead atoms. The van der Waals surface area contributed by atoms with Gasteiger partial charge in [0.1, 0.15) is 5.76 Å². The number of nitrogens with zero attached hydrogens (tertiary/aromatic N) is 1. The second kappa shape index (κ2) is 5.13. The molecule has 2 heterocycles. The number of carbonyl (C=O) groups is 1. The van der Waals surface area contributed by atoms with Crippen LogP contribution >= 0.6 is 0 Å². The van der Waals surface area contributed by atoms with E-state index in [1.165, 1.54) is 5.56 Å². The van der Waals surface area contributed by atoms with E-state index in [2.05, 4.69) is 17.4 Å². The first-order valence-corrected chi connectivity index (χ1v) is 6.80. The Morgan fingerprint density at radius 1 is 1.30 bits per heavy atom. The minimum atomic E-state index is 0.0400. The lowest BCUT2D eigenvalue weighted by atomic mass is 9.95. The smallest absolute Gasteiger partial charge is 0.227 e. The van der Waals surface area contributed by atoms with E-state index < -0.39 is 0 Å². The first kappa shape index (κ1) is 12.9. The van der Waals surface area contributed by atoms with Crippen LogP contribution in [0.4, 0.5) is 5.69 Å². The maximum atomic E-state index is 11.7. The Kier molecular flexibility index (Phi) is 3.32. The number of aryl methyl sites for hydroxylation is 1. The molecule has 4 nitrogen and oxygen atoms in total. The predicted octanol–water partition coefficient (Wildman–Crippen LogP) is 2.50. The van der Waals surface area contributed by atoms with Gasteiger partial charge in [0, 0.05) is 19.2 Å². The highest BCUT2D eigenvalue weighted by Crippen LogP contribution is 2.31. The quantitative estimate of drug-likeness (QED) is 0.932. The van der Waals surface area contributed by atoms with Gasteiger partial charge in [0.25, 0.3) is 0 Å². The highest BCUT2D eigenvalue weighted by atomic mass is 16.3. The molecule has 4 heteroatoms. The number of fused-ring (bicyclic) bond motifs is 1. The number of hydrogen-bond acceptors (Lipinski definition) is 3. The summed E-state index contributed by atoms with van der Waals surface area (Å²) in [4.78, 5) is 13.5. The van der Waals surface area contributed by atoms with Gasteiger partial charge in [-0.25, -0.2) is 0 Å². The van der Waals surface area contributed by atoms with Crippen molar-refractivity contribution in [3.05, 3.63) is 53.5 Å². The lowest BCUT2D eigenvalue weighted by molar-refractivity contribution is -0.118. The number of carbonyl (C=O) groups excluding carboxylic acids is 1. The summed E-state index contributed by atoms with van der Waals surface area (Å²) < 4.78 is 5.50. The van der Waals surface area contributed by atoms with Crippen LogP contribution < -0.4 is 10.2 Å². The monoisotopic (exact) mass is 270 g/mol. The Labute approximate surface area is 118 Å². The Morgan fingerprint density at radius 2 is 2.15 bits per heavy atom. The van der Waals surface area contributed by atoms with Crippen LogP contribution in [0.1, 0.15) is 29.3 Å². The number of hydrogen-bond donors (Lipinski definition) is 1. The summed E-state index contributed by atoms with van der Waals surface area (Å²) >= 11 is 0. The van der Waals surface area contributed by atoms with Crippen LogP contribution in [0.15, 0.2) is 41.0 Å². The molecule has 1 N–H and O–H groups in total. The van der Waals surface area contributed by atoms with Crippen molar-refractivity contribution < 1.29 is 9.21 Å². The first-order valence-electron chi connectivity index (χ1n) is 6.80. The van der Waals surface area contributed by atoms with Gasteiger partial charge in [-0.3, -0.25) is 4.79 Å². The minimum absolute atomic E-state index is 0.0400. The molecular weight excluding hydrogens is 252 g/mol. The number of anilines is 1. The number of benzene rings is 1. The normalized spacial score (nSPS) is 16.1. The SMILES string of the molecule is CNC(c1ccc2c(c1)CCC(=O)N2C)c1ccco1. The van der Waals surface area contributed by atoms with E-state index in [1.54, 1.807) is 11.2 Å². The molecule has 1 aliphatic heterocycles. The van der Waals surface area contributed by atoms with Crippen molar-refractivity contribution in [2.24, 2.45) is 0 Å². The van der Waals surface area contributed by atoms with Gasteiger partial charge in [0.2, 0.25) is 5.91 Å². The highest BCUT2D eigenvalue weighted by molar-refractivity contribution is 5.95. The Morgan fingerprint density at radius 3 is 2.85 bits per heavy atom. The van der Waals surface area contributed by atoms with E-state index >= 15 is 0 Å². The molecule has 1 aliphatic rings. The molecule has 0 spiro atoms. The van der Waals surface area contributed by atoms with E-state index in [0.29, 0.717) is 6.42 Å². The number of rotatable bonds is 3. The predicted molar refractivity (Wildman–Crippen MR) is 77.8 cm³/mol. The minimum Gasteiger partial charge on any atom is -0.467 e. The van der Waals surface area contributed by atoms with Crippen molar-refractivity contribution in [3.8, 4) is 0 Å². The lowest BCUT2D eigenvalue weighted by Crippen LogP contribution is -2.31. The Hall–Kier alpha value is -2.07. The molecule has 104 valence electrons. The van der Waals surface area contributed by atoms with Crippen molar-refractivity contribution in [2.75, 3.05) is 19.0 Å². The summed E-state index contributed by atoms with van der Waals surface area (Å²) in [5.74, 6) is 1.08. The van der Waals surface area contributed by atoms with Crippen molar-refractivity contribution in [3.63, 3.8) is 0 Å². The largest absolute Gasteiger partial charge is 0.467 e. The molecule has 0 aliphatic carbocycles. The van der Waals surface area contributed by atoms with Gasteiger partial charge in [0.15, 0.2) is 0 Å². The molecule has 1 atom stereocenters. The summed E-state index contributed by atoms with van der Waals surface area (Å²) in [6, 6.07) is 10.1. The van der Waals surface area contributed by atoms with Gasteiger partial charge in [-0.05, 0) is 42.8 Å². The summed E-state index contributed by atoms with van der Waals surface area (Å²) in [5.41, 5.74) is 3.39. The zero-order chi connectivity index (χ0) is 14.1. The summed E-state index contributed by atoms with van der Waals surface area (Å²) in [6.07, 6.45) is 3.07. The Balaban J connectivity index is 1.98. The zero-order valence-corrected chi connectivity index (χ0v) is 11.7. The third-order valence-electron chi connectivity index (χ3n) is 3.90. The van der Waals surface area contributed by atoms with E-state index in [9.17, 15) is 4.79 Å². The first-order chi connectivity index (χ1) is 9.70. The second-order valence-electron chi connectivity index (χ2n) is 5.08. The number of amides is 1. The van der Waals surface area contributed by atoms with Crippen molar-refractivity contribution in [1.29, 1.82) is 0 Å². The van der Waals surface area contributed by atoms with Crippen LogP contribution in [0.3, 0.4) is 0 Å². The van der Waals surface area contributed by atoms with E-state index in [-0.39, 0.29) is 11.9 Å². The van der Waals surface area contributed by atoms with Crippen LogP contribution in [-0.4, -0.2) is 20.0 Å². The summed E-state index contributed by atoms with van der Waals surface area (Å²) in [7, 11) is 3.75. The van der Waals surface area contributed by atoms with Crippen molar-refractivity contribution in [1.82, 2.24) is 5.32 Å². The topological polar surface area (TPSA) is 45.5 Å². The van der Waals surface area contributed by atoms with Gasteiger partial charge in [0.05, 0.1) is 12.3 Å². The fourth-order valence-corrected chi connectivity index (χ4v) is 2.78. The fourth-order valence-electron chi connectivity index (χ4n) is 2.78. The average Bonchev–Trinajstić information content (AvgIpc) is 2.98. The Bertz CT molecular complexity index is 619. The molecule has 2 aromatic rings. The summed E-state index contributed by atoms with van der Waals surface area (Å²) in [6.45, 7) is 0. The fraction of sp³-hybridized carbons (Fsp3) is 0.312. The average molecular weight is 270 g/mol. The van der Waals surface area contributed by atoms with Crippen molar-refractivity contribution in [2.45, 2.75) is 18.9 Å². The second-order valence-corrected chi connectivity index (χ2v) is 5.08. The maximum Gasteiger partial charge on any atom is 0.227 e. The van der Waals surface area contributed by atoms with E-state index in [1.807, 2.05) is 32.3 Å². The van der Waals surface area contributed by atoms with Gasteiger partial charge < -0.3 is 14.6 Å². The lowest BCUT2D eigenvalue weighted by Gasteiger charge is -2.27. The number of furan rings is 1. The van der Waals surface area contributed by atoms with Crippen molar-refractivity contribution >= 4 is 11.6 Å². The molecule has 0 radical (unpaired) electrons. The molecule has 1 amide bonds. The highest BCUT2D eigenvalue weighted by Gasteiger charge is 2.23. The third kappa shape index (κ3) is 2.12. The molecule has 1 aromatic carbocycles. The molecule has 1 aromatic heterocycles.